The number of aromatic nitrogens is 1. The van der Waals surface area contributed by atoms with Gasteiger partial charge < -0.3 is 15.2 Å². The van der Waals surface area contributed by atoms with Gasteiger partial charge in [-0.1, -0.05) is 0 Å². The third-order valence-electron chi connectivity index (χ3n) is 2.32. The first-order valence-corrected chi connectivity index (χ1v) is 4.90. The smallest absolute Gasteiger partial charge is 0.405 e. The van der Waals surface area contributed by atoms with E-state index < -0.39 is 11.6 Å². The van der Waals surface area contributed by atoms with Gasteiger partial charge in [-0.15, -0.1) is 0 Å². The SMILES string of the molecule is COc1ccc(C(C)(C)NC(=O)O)nc1C. The van der Waals surface area contributed by atoms with E-state index in [0.717, 1.165) is 5.69 Å². The van der Waals surface area contributed by atoms with Crippen LogP contribution in [0.25, 0.3) is 0 Å². The second kappa shape index (κ2) is 4.38. The maximum absolute atomic E-state index is 10.6. The Kier molecular flexibility index (Phi) is 3.37. The number of hydrogen-bond donors (Lipinski definition) is 2. The molecule has 0 radical (unpaired) electrons. The van der Waals surface area contributed by atoms with Gasteiger partial charge in [-0.3, -0.25) is 4.98 Å². The van der Waals surface area contributed by atoms with Crippen molar-refractivity contribution < 1.29 is 14.6 Å². The van der Waals surface area contributed by atoms with Gasteiger partial charge in [-0.05, 0) is 32.9 Å². The zero-order valence-corrected chi connectivity index (χ0v) is 9.87. The van der Waals surface area contributed by atoms with Crippen molar-refractivity contribution in [3.63, 3.8) is 0 Å². The molecule has 1 heterocycles. The third-order valence-corrected chi connectivity index (χ3v) is 2.32. The van der Waals surface area contributed by atoms with Crippen molar-refractivity contribution in [2.45, 2.75) is 26.3 Å². The van der Waals surface area contributed by atoms with E-state index in [2.05, 4.69) is 10.3 Å². The van der Waals surface area contributed by atoms with Gasteiger partial charge in [0.05, 0.1) is 24.0 Å². The molecule has 0 spiro atoms. The van der Waals surface area contributed by atoms with Gasteiger partial charge in [-0.2, -0.15) is 0 Å². The van der Waals surface area contributed by atoms with Gasteiger partial charge in [0.1, 0.15) is 5.75 Å². The number of carboxylic acid groups (broad SMARTS) is 1. The number of nitrogens with zero attached hydrogens (tertiary/aromatic N) is 1. The minimum absolute atomic E-state index is 0.660. The lowest BCUT2D eigenvalue weighted by molar-refractivity contribution is 0.181. The quantitative estimate of drug-likeness (QED) is 0.822. The molecule has 5 nitrogen and oxygen atoms in total. The molecule has 0 aliphatic heterocycles. The van der Waals surface area contributed by atoms with Crippen LogP contribution in [0.1, 0.15) is 25.2 Å². The van der Waals surface area contributed by atoms with Gasteiger partial charge in [0.2, 0.25) is 0 Å². The van der Waals surface area contributed by atoms with Crippen LogP contribution in [-0.2, 0) is 5.54 Å². The molecule has 0 fully saturated rings. The number of amides is 1. The normalized spacial score (nSPS) is 11.0. The molecule has 0 saturated heterocycles. The van der Waals surface area contributed by atoms with E-state index in [9.17, 15) is 4.79 Å². The summed E-state index contributed by atoms with van der Waals surface area (Å²) in [5.41, 5.74) is 0.677. The van der Waals surface area contributed by atoms with Crippen LogP contribution in [0, 0.1) is 6.92 Å². The second-order valence-electron chi connectivity index (χ2n) is 4.04. The molecule has 1 aromatic heterocycles. The number of hydrogen-bond acceptors (Lipinski definition) is 3. The number of methoxy groups -OCH3 is 1. The van der Waals surface area contributed by atoms with Crippen LogP contribution >= 0.6 is 0 Å². The maximum atomic E-state index is 10.6. The highest BCUT2D eigenvalue weighted by molar-refractivity contribution is 5.65. The van der Waals surface area contributed by atoms with Crippen LogP contribution in [0.5, 0.6) is 5.75 Å². The fraction of sp³-hybridized carbons (Fsp3) is 0.455. The van der Waals surface area contributed by atoms with Crippen molar-refractivity contribution in [2.24, 2.45) is 0 Å². The van der Waals surface area contributed by atoms with Crippen molar-refractivity contribution in [3.8, 4) is 5.75 Å². The molecule has 0 atom stereocenters. The lowest BCUT2D eigenvalue weighted by atomic mass is 10.00. The molecule has 1 aromatic rings. The van der Waals surface area contributed by atoms with Crippen LogP contribution < -0.4 is 10.1 Å². The van der Waals surface area contributed by atoms with E-state index in [-0.39, 0.29) is 0 Å². The molecule has 88 valence electrons. The van der Waals surface area contributed by atoms with Crippen molar-refractivity contribution in [1.82, 2.24) is 10.3 Å². The Hall–Kier alpha value is -1.78. The van der Waals surface area contributed by atoms with E-state index in [0.29, 0.717) is 11.4 Å². The van der Waals surface area contributed by atoms with Crippen LogP contribution in [-0.4, -0.2) is 23.3 Å². The number of aryl methyl sites for hydroxylation is 1. The van der Waals surface area contributed by atoms with Crippen molar-refractivity contribution in [2.75, 3.05) is 7.11 Å². The minimum atomic E-state index is -1.07. The van der Waals surface area contributed by atoms with Crippen molar-refractivity contribution >= 4 is 6.09 Å². The summed E-state index contributed by atoms with van der Waals surface area (Å²) in [6.07, 6.45) is -1.07. The van der Waals surface area contributed by atoms with Crippen LogP contribution in [0.4, 0.5) is 4.79 Å². The summed E-state index contributed by atoms with van der Waals surface area (Å²) in [5.74, 6) is 0.690. The zero-order valence-electron chi connectivity index (χ0n) is 9.87. The molecule has 0 aliphatic carbocycles. The predicted octanol–water partition coefficient (Wildman–Crippen LogP) is 1.90. The second-order valence-corrected chi connectivity index (χ2v) is 4.04. The minimum Gasteiger partial charge on any atom is -0.495 e. The molecule has 0 saturated carbocycles. The topological polar surface area (TPSA) is 71.5 Å². The summed E-state index contributed by atoms with van der Waals surface area (Å²) in [6, 6.07) is 3.53. The molecule has 1 amide bonds. The lowest BCUT2D eigenvalue weighted by Gasteiger charge is -2.24. The molecule has 0 bridgehead atoms. The highest BCUT2D eigenvalue weighted by Gasteiger charge is 2.24. The van der Waals surface area contributed by atoms with E-state index in [1.807, 2.05) is 6.92 Å². The molecular formula is C11H16N2O3. The fourth-order valence-electron chi connectivity index (χ4n) is 1.44. The molecular weight excluding hydrogens is 208 g/mol. The summed E-state index contributed by atoms with van der Waals surface area (Å²) in [7, 11) is 1.57. The van der Waals surface area contributed by atoms with Crippen LogP contribution in [0.2, 0.25) is 0 Å². The highest BCUT2D eigenvalue weighted by atomic mass is 16.5. The van der Waals surface area contributed by atoms with Crippen molar-refractivity contribution in [3.05, 3.63) is 23.5 Å². The van der Waals surface area contributed by atoms with E-state index in [4.69, 9.17) is 9.84 Å². The average Bonchev–Trinajstić information content (AvgIpc) is 2.15. The number of pyridine rings is 1. The third kappa shape index (κ3) is 2.62. The van der Waals surface area contributed by atoms with E-state index >= 15 is 0 Å². The van der Waals surface area contributed by atoms with Gasteiger partial charge in [0, 0.05) is 0 Å². The molecule has 2 N–H and O–H groups in total. The van der Waals surface area contributed by atoms with Gasteiger partial charge in [-0.25, -0.2) is 4.79 Å². The largest absolute Gasteiger partial charge is 0.495 e. The van der Waals surface area contributed by atoms with Crippen LogP contribution in [0.15, 0.2) is 12.1 Å². The summed E-state index contributed by atoms with van der Waals surface area (Å²) < 4.78 is 5.09. The van der Waals surface area contributed by atoms with Gasteiger partial charge in [0.25, 0.3) is 0 Å². The summed E-state index contributed by atoms with van der Waals surface area (Å²) in [5, 5.41) is 11.1. The van der Waals surface area contributed by atoms with Crippen LogP contribution in [0.3, 0.4) is 0 Å². The number of ether oxygens (including phenoxy) is 1. The average molecular weight is 224 g/mol. The summed E-state index contributed by atoms with van der Waals surface area (Å²) in [4.78, 5) is 15.0. The number of nitrogens with one attached hydrogen (secondary N) is 1. The Morgan fingerprint density at radius 2 is 2.12 bits per heavy atom. The zero-order chi connectivity index (χ0) is 12.3. The molecule has 0 aromatic carbocycles. The standard InChI is InChI=1S/C11H16N2O3/c1-7-8(16-4)5-6-9(12-7)11(2,3)13-10(14)15/h5-6,13H,1-4H3,(H,14,15). The lowest BCUT2D eigenvalue weighted by Crippen LogP contribution is -2.40. The van der Waals surface area contributed by atoms with Gasteiger partial charge >= 0.3 is 6.09 Å². The maximum Gasteiger partial charge on any atom is 0.405 e. The van der Waals surface area contributed by atoms with Crippen molar-refractivity contribution in [1.29, 1.82) is 0 Å². The highest BCUT2D eigenvalue weighted by Crippen LogP contribution is 2.22. The molecule has 0 unspecified atom stereocenters. The molecule has 1 rings (SSSR count). The first kappa shape index (κ1) is 12.3. The predicted molar refractivity (Wildman–Crippen MR) is 59.7 cm³/mol. The Balaban J connectivity index is 3.04. The Morgan fingerprint density at radius 1 is 1.50 bits per heavy atom. The number of carbonyl (C=O) groups is 1. The molecule has 16 heavy (non-hydrogen) atoms. The van der Waals surface area contributed by atoms with Gasteiger partial charge in [0.15, 0.2) is 0 Å². The summed E-state index contributed by atoms with van der Waals surface area (Å²) >= 11 is 0. The summed E-state index contributed by atoms with van der Waals surface area (Å²) in [6.45, 7) is 5.34. The Labute approximate surface area is 94.5 Å². The Morgan fingerprint density at radius 3 is 2.56 bits per heavy atom. The fourth-order valence-corrected chi connectivity index (χ4v) is 1.44. The molecule has 0 aliphatic rings. The first-order valence-electron chi connectivity index (χ1n) is 4.90. The first-order chi connectivity index (χ1) is 7.36. The monoisotopic (exact) mass is 224 g/mol. The Bertz CT molecular complexity index is 402. The number of rotatable bonds is 3. The van der Waals surface area contributed by atoms with E-state index in [1.54, 1.807) is 33.1 Å². The van der Waals surface area contributed by atoms with E-state index in [1.165, 1.54) is 0 Å². The molecule has 5 heteroatoms.